The lowest BCUT2D eigenvalue weighted by Gasteiger charge is -2.17. The van der Waals surface area contributed by atoms with Gasteiger partial charge in [-0.1, -0.05) is 23.7 Å². The Labute approximate surface area is 144 Å². The quantitative estimate of drug-likeness (QED) is 0.628. The number of H-pyrrole nitrogens is 1. The highest BCUT2D eigenvalue weighted by Crippen LogP contribution is 2.31. The minimum absolute atomic E-state index is 0.458. The highest BCUT2D eigenvalue weighted by molar-refractivity contribution is 6.32. The summed E-state index contributed by atoms with van der Waals surface area (Å²) in [5, 5.41) is 3.14. The highest BCUT2D eigenvalue weighted by Gasteiger charge is 2.12. The minimum atomic E-state index is -0.609. The zero-order chi connectivity index (χ0) is 16.9. The summed E-state index contributed by atoms with van der Waals surface area (Å²) in [5.41, 5.74) is 7.91. The van der Waals surface area contributed by atoms with Crippen LogP contribution in [0.2, 0.25) is 5.02 Å². The lowest BCUT2D eigenvalue weighted by molar-refractivity contribution is 0.259. The number of halogens is 1. The van der Waals surface area contributed by atoms with Crippen LogP contribution in [0.25, 0.3) is 11.0 Å². The molecule has 124 valence electrons. The summed E-state index contributed by atoms with van der Waals surface area (Å²) < 4.78 is 5.42. The number of carbonyl (C=O) groups is 1. The van der Waals surface area contributed by atoms with E-state index in [1.807, 2.05) is 24.3 Å². The molecule has 1 aliphatic rings. The van der Waals surface area contributed by atoms with Gasteiger partial charge in [0.1, 0.15) is 11.6 Å². The maximum Gasteiger partial charge on any atom is 0.317 e. The van der Waals surface area contributed by atoms with Crippen LogP contribution in [0.3, 0.4) is 0 Å². The Morgan fingerprint density at radius 2 is 2.17 bits per heavy atom. The molecule has 0 fully saturated rings. The van der Waals surface area contributed by atoms with Gasteiger partial charge in [-0.2, -0.15) is 0 Å². The van der Waals surface area contributed by atoms with Crippen molar-refractivity contribution in [3.8, 4) is 5.75 Å². The average molecular weight is 345 g/mol. The van der Waals surface area contributed by atoms with Crippen molar-refractivity contribution in [2.45, 2.75) is 12.8 Å². The molecule has 1 aromatic carbocycles. The summed E-state index contributed by atoms with van der Waals surface area (Å²) in [7, 11) is 0. The van der Waals surface area contributed by atoms with Crippen LogP contribution in [-0.4, -0.2) is 22.6 Å². The summed E-state index contributed by atoms with van der Waals surface area (Å²) in [5.74, 6) is 1.35. The molecule has 0 atom stereocenters. The smallest absolute Gasteiger partial charge is 0.317 e. The lowest BCUT2D eigenvalue weighted by atomic mass is 10.1. The van der Waals surface area contributed by atoms with E-state index < -0.39 is 6.03 Å². The number of nitrogens with two attached hydrogens (primary N) is 1. The molecule has 0 radical (unpaired) electrons. The van der Waals surface area contributed by atoms with Crippen LogP contribution < -0.4 is 15.8 Å². The molecule has 2 aromatic heterocycles. The molecule has 0 saturated carbocycles. The molecule has 4 N–H and O–H groups in total. The maximum atomic E-state index is 10.5. The van der Waals surface area contributed by atoms with Crippen molar-refractivity contribution < 1.29 is 9.53 Å². The average Bonchev–Trinajstić information content (AvgIpc) is 3.03. The van der Waals surface area contributed by atoms with E-state index >= 15 is 0 Å². The lowest BCUT2D eigenvalue weighted by Crippen LogP contribution is -2.19. The van der Waals surface area contributed by atoms with E-state index in [2.05, 4.69) is 21.4 Å². The zero-order valence-electron chi connectivity index (χ0n) is 12.9. The fraction of sp³-hybridized carbons (Fsp3) is 0.176. The van der Waals surface area contributed by atoms with Gasteiger partial charge in [-0.05, 0) is 42.7 Å². The van der Waals surface area contributed by atoms with E-state index in [0.717, 1.165) is 41.3 Å². The van der Waals surface area contributed by atoms with Gasteiger partial charge in [-0.25, -0.2) is 9.78 Å². The van der Waals surface area contributed by atoms with Gasteiger partial charge < -0.3 is 15.5 Å². The summed E-state index contributed by atoms with van der Waals surface area (Å²) >= 11 is 5.92. The van der Waals surface area contributed by atoms with Crippen molar-refractivity contribution in [1.82, 2.24) is 9.97 Å². The highest BCUT2D eigenvalue weighted by atomic mass is 35.5. The molecule has 7 heteroatoms. The number of aromatic amines is 1. The third kappa shape index (κ3) is 3.78. The van der Waals surface area contributed by atoms with E-state index in [4.69, 9.17) is 22.1 Å². The second-order valence-electron chi connectivity index (χ2n) is 5.28. The second kappa shape index (κ2) is 7.23. The maximum absolute atomic E-state index is 10.5. The monoisotopic (exact) mass is 344 g/mol. The number of aromatic nitrogens is 2. The van der Waals surface area contributed by atoms with Crippen molar-refractivity contribution in [1.29, 1.82) is 0 Å². The van der Waals surface area contributed by atoms with Crippen molar-refractivity contribution in [2.75, 3.05) is 11.9 Å². The molecule has 6 nitrogen and oxygen atoms in total. The van der Waals surface area contributed by atoms with E-state index in [9.17, 15) is 4.79 Å². The molecule has 1 aliphatic heterocycles. The van der Waals surface area contributed by atoms with Crippen molar-refractivity contribution in [2.24, 2.45) is 5.73 Å². The van der Waals surface area contributed by atoms with Crippen LogP contribution in [0.15, 0.2) is 42.6 Å². The Hall–Kier alpha value is -2.73. The Morgan fingerprint density at radius 1 is 1.29 bits per heavy atom. The molecule has 24 heavy (non-hydrogen) atoms. The number of anilines is 1. The summed E-state index contributed by atoms with van der Waals surface area (Å²) in [6.45, 7) is 0.802. The number of para-hydroxylation sites is 1. The molecule has 0 bridgehead atoms. The first kappa shape index (κ1) is 16.1. The number of hydrogen-bond acceptors (Lipinski definition) is 3. The van der Waals surface area contributed by atoms with Gasteiger partial charge in [0.2, 0.25) is 0 Å². The van der Waals surface area contributed by atoms with E-state index in [1.54, 1.807) is 12.3 Å². The number of carbonyl (C=O) groups excluding carboxylic acids is 1. The van der Waals surface area contributed by atoms with Crippen LogP contribution in [0.5, 0.6) is 5.75 Å². The van der Waals surface area contributed by atoms with Gasteiger partial charge in [-0.3, -0.25) is 5.32 Å². The van der Waals surface area contributed by atoms with E-state index in [1.165, 1.54) is 5.56 Å². The Kier molecular flexibility index (Phi) is 4.86. The first-order chi connectivity index (χ1) is 11.6. The fourth-order valence-corrected chi connectivity index (χ4v) is 2.73. The number of amides is 2. The van der Waals surface area contributed by atoms with Gasteiger partial charge in [0.25, 0.3) is 0 Å². The van der Waals surface area contributed by atoms with Gasteiger partial charge in [0.05, 0.1) is 22.7 Å². The number of nitrogens with one attached hydrogen (secondary N) is 2. The number of aryl methyl sites for hydroxylation is 1. The Morgan fingerprint density at radius 3 is 2.96 bits per heavy atom. The van der Waals surface area contributed by atoms with Crippen LogP contribution in [-0.2, 0) is 6.42 Å². The zero-order valence-corrected chi connectivity index (χ0v) is 13.6. The van der Waals surface area contributed by atoms with Crippen LogP contribution >= 0.6 is 11.6 Å². The number of ether oxygens (including phenoxy) is 1. The van der Waals surface area contributed by atoms with Gasteiger partial charge in [-0.15, -0.1) is 0 Å². The van der Waals surface area contributed by atoms with E-state index in [-0.39, 0.29) is 0 Å². The fourth-order valence-electron chi connectivity index (χ4n) is 2.48. The standard InChI is InChI=1S/C9H9ClO.C8H8N4O/c10-8-5-1-3-7-4-2-6-11-9(7)8;9-8(13)12-7-2-1-5-6(11-7)3-4-10-5/h1,3,5H,2,4,6H2;1-4,10H,(H3,9,11,12,13). The Balaban J connectivity index is 0.000000143. The van der Waals surface area contributed by atoms with Gasteiger partial charge in [0, 0.05) is 6.20 Å². The summed E-state index contributed by atoms with van der Waals surface area (Å²) in [4.78, 5) is 17.6. The minimum Gasteiger partial charge on any atom is -0.492 e. The number of rotatable bonds is 1. The third-order valence-corrected chi connectivity index (χ3v) is 3.84. The molecule has 3 heterocycles. The Bertz CT molecular complexity index is 863. The van der Waals surface area contributed by atoms with Gasteiger partial charge >= 0.3 is 6.03 Å². The largest absolute Gasteiger partial charge is 0.492 e. The van der Waals surface area contributed by atoms with Crippen LogP contribution in [0.1, 0.15) is 12.0 Å². The normalized spacial score (nSPS) is 12.5. The van der Waals surface area contributed by atoms with Crippen molar-refractivity contribution in [3.63, 3.8) is 0 Å². The predicted octanol–water partition coefficient (Wildman–Crippen LogP) is 3.72. The molecular formula is C17H17ClN4O2. The number of benzene rings is 1. The summed E-state index contributed by atoms with van der Waals surface area (Å²) in [6.07, 6.45) is 3.98. The van der Waals surface area contributed by atoms with Crippen LogP contribution in [0.4, 0.5) is 10.6 Å². The van der Waals surface area contributed by atoms with Crippen molar-refractivity contribution in [3.05, 3.63) is 53.2 Å². The number of primary amides is 1. The van der Waals surface area contributed by atoms with Crippen LogP contribution in [0, 0.1) is 0 Å². The molecule has 4 rings (SSSR count). The van der Waals surface area contributed by atoms with Gasteiger partial charge in [0.15, 0.2) is 0 Å². The molecular weight excluding hydrogens is 328 g/mol. The topological polar surface area (TPSA) is 93.0 Å². The SMILES string of the molecule is Clc1cccc2c1OCCC2.NC(=O)Nc1ccc2[nH]ccc2n1. The van der Waals surface area contributed by atoms with Crippen molar-refractivity contribution >= 4 is 34.5 Å². The van der Waals surface area contributed by atoms with E-state index in [0.29, 0.717) is 5.82 Å². The molecule has 0 saturated heterocycles. The number of hydrogen-bond donors (Lipinski definition) is 3. The molecule has 0 spiro atoms. The number of urea groups is 1. The number of fused-ring (bicyclic) bond motifs is 2. The third-order valence-electron chi connectivity index (χ3n) is 3.54. The predicted molar refractivity (Wildman–Crippen MR) is 94.6 cm³/mol. The first-order valence-electron chi connectivity index (χ1n) is 7.54. The molecule has 2 amide bonds. The number of pyridine rings is 1. The first-order valence-corrected chi connectivity index (χ1v) is 7.92. The summed E-state index contributed by atoms with van der Waals surface area (Å²) in [6, 6.07) is 10.6. The molecule has 0 unspecified atom stereocenters. The number of nitrogens with zero attached hydrogens (tertiary/aromatic N) is 1. The second-order valence-corrected chi connectivity index (χ2v) is 5.68. The molecule has 0 aliphatic carbocycles. The molecule has 3 aromatic rings.